The zero-order chi connectivity index (χ0) is 15.1. The molecular weight excluding hydrogens is 264 g/mol. The third-order valence-electron chi connectivity index (χ3n) is 3.96. The fraction of sp³-hybridized carbons (Fsp3) is 0.588. The van der Waals surface area contributed by atoms with E-state index in [1.807, 2.05) is 31.2 Å². The topological polar surface area (TPSA) is 50.4 Å². The van der Waals surface area contributed by atoms with Crippen molar-refractivity contribution in [3.8, 4) is 5.75 Å². The van der Waals surface area contributed by atoms with Crippen LogP contribution in [0.15, 0.2) is 24.3 Å². The van der Waals surface area contributed by atoms with Gasteiger partial charge in [-0.1, -0.05) is 25.1 Å². The second-order valence-electron chi connectivity index (χ2n) is 5.72. The van der Waals surface area contributed by atoms with Crippen LogP contribution in [-0.4, -0.2) is 31.1 Å². The number of rotatable bonds is 7. The van der Waals surface area contributed by atoms with E-state index in [0.717, 1.165) is 30.7 Å². The van der Waals surface area contributed by atoms with Crippen LogP contribution >= 0.6 is 0 Å². The Kier molecular flexibility index (Phi) is 6.05. The molecule has 1 amide bonds. The number of carbonyl (C=O) groups is 1. The molecule has 1 saturated heterocycles. The molecule has 1 aromatic carbocycles. The number of nitrogens with one attached hydrogen (secondary N) is 2. The van der Waals surface area contributed by atoms with Gasteiger partial charge in [-0.2, -0.15) is 0 Å². The van der Waals surface area contributed by atoms with E-state index in [-0.39, 0.29) is 12.0 Å². The number of hydrogen-bond donors (Lipinski definition) is 2. The van der Waals surface area contributed by atoms with E-state index in [2.05, 4.69) is 17.6 Å². The highest BCUT2D eigenvalue weighted by Gasteiger charge is 2.18. The highest BCUT2D eigenvalue weighted by Crippen LogP contribution is 2.18. The summed E-state index contributed by atoms with van der Waals surface area (Å²) < 4.78 is 5.98. The average Bonchev–Trinajstić information content (AvgIpc) is 2.98. The van der Waals surface area contributed by atoms with Gasteiger partial charge in [-0.05, 0) is 44.4 Å². The van der Waals surface area contributed by atoms with Crippen LogP contribution < -0.4 is 15.4 Å². The second-order valence-corrected chi connectivity index (χ2v) is 5.72. The van der Waals surface area contributed by atoms with Crippen LogP contribution in [-0.2, 0) is 4.79 Å². The van der Waals surface area contributed by atoms with E-state index >= 15 is 0 Å². The Labute approximate surface area is 127 Å². The summed E-state index contributed by atoms with van der Waals surface area (Å²) >= 11 is 0. The Morgan fingerprint density at radius 1 is 1.48 bits per heavy atom. The molecule has 2 rings (SSSR count). The van der Waals surface area contributed by atoms with Gasteiger partial charge in [0.1, 0.15) is 11.9 Å². The van der Waals surface area contributed by atoms with Crippen molar-refractivity contribution in [3.05, 3.63) is 29.8 Å². The van der Waals surface area contributed by atoms with Crippen molar-refractivity contribution in [1.82, 2.24) is 10.6 Å². The molecule has 2 unspecified atom stereocenters. The molecule has 1 aliphatic rings. The Morgan fingerprint density at radius 2 is 2.29 bits per heavy atom. The standard InChI is InChI=1S/C17H26N2O2/c1-3-15(21-16-9-5-4-7-13(16)2)12-19-17(20)11-14-8-6-10-18-14/h4-5,7,9,14-15,18H,3,6,8,10-12H2,1-2H3,(H,19,20). The third-order valence-corrected chi connectivity index (χ3v) is 3.96. The molecule has 0 spiro atoms. The quantitative estimate of drug-likeness (QED) is 0.811. The number of ether oxygens (including phenoxy) is 1. The first-order valence-corrected chi connectivity index (χ1v) is 7.91. The lowest BCUT2D eigenvalue weighted by atomic mass is 10.1. The SMILES string of the molecule is CCC(CNC(=O)CC1CCCN1)Oc1ccccc1C. The fourth-order valence-electron chi connectivity index (χ4n) is 2.59. The zero-order valence-corrected chi connectivity index (χ0v) is 13.0. The summed E-state index contributed by atoms with van der Waals surface area (Å²) in [6, 6.07) is 8.33. The molecule has 2 atom stereocenters. The van der Waals surface area contributed by atoms with Gasteiger partial charge in [0.15, 0.2) is 0 Å². The van der Waals surface area contributed by atoms with E-state index in [1.54, 1.807) is 0 Å². The molecule has 1 aliphatic heterocycles. The number of amides is 1. The van der Waals surface area contributed by atoms with E-state index in [4.69, 9.17) is 4.74 Å². The molecule has 4 heteroatoms. The predicted molar refractivity (Wildman–Crippen MR) is 84.5 cm³/mol. The average molecular weight is 290 g/mol. The molecular formula is C17H26N2O2. The Balaban J connectivity index is 1.76. The van der Waals surface area contributed by atoms with E-state index in [1.165, 1.54) is 6.42 Å². The first-order chi connectivity index (χ1) is 10.2. The second kappa shape index (κ2) is 8.03. The number of aryl methyl sites for hydroxylation is 1. The minimum atomic E-state index is 0.0200. The molecule has 2 N–H and O–H groups in total. The summed E-state index contributed by atoms with van der Waals surface area (Å²) in [5.41, 5.74) is 1.12. The molecule has 0 radical (unpaired) electrons. The molecule has 21 heavy (non-hydrogen) atoms. The summed E-state index contributed by atoms with van der Waals surface area (Å²) in [4.78, 5) is 11.9. The summed E-state index contributed by atoms with van der Waals surface area (Å²) in [7, 11) is 0. The van der Waals surface area contributed by atoms with Crippen LogP contribution in [0.4, 0.5) is 0 Å². The summed E-state index contributed by atoms with van der Waals surface area (Å²) in [5, 5.41) is 6.34. The predicted octanol–water partition coefficient (Wildman–Crippen LogP) is 2.41. The van der Waals surface area contributed by atoms with Gasteiger partial charge in [0, 0.05) is 12.5 Å². The van der Waals surface area contributed by atoms with Crippen molar-refractivity contribution in [1.29, 1.82) is 0 Å². The molecule has 4 nitrogen and oxygen atoms in total. The van der Waals surface area contributed by atoms with Gasteiger partial charge >= 0.3 is 0 Å². The Hall–Kier alpha value is -1.55. The summed E-state index contributed by atoms with van der Waals surface area (Å²) in [6.07, 6.45) is 3.74. The smallest absolute Gasteiger partial charge is 0.221 e. The van der Waals surface area contributed by atoms with Gasteiger partial charge in [-0.3, -0.25) is 4.79 Å². The molecule has 116 valence electrons. The minimum absolute atomic E-state index is 0.0200. The van der Waals surface area contributed by atoms with Gasteiger partial charge in [0.05, 0.1) is 6.54 Å². The normalized spacial score (nSPS) is 19.2. The summed E-state index contributed by atoms with van der Waals surface area (Å²) in [5.74, 6) is 1.01. The Bertz CT molecular complexity index is 456. The van der Waals surface area contributed by atoms with Gasteiger partial charge in [0.25, 0.3) is 0 Å². The molecule has 0 aliphatic carbocycles. The molecule has 1 fully saturated rings. The van der Waals surface area contributed by atoms with Crippen molar-refractivity contribution in [3.63, 3.8) is 0 Å². The largest absolute Gasteiger partial charge is 0.488 e. The van der Waals surface area contributed by atoms with Crippen molar-refractivity contribution < 1.29 is 9.53 Å². The molecule has 0 bridgehead atoms. The zero-order valence-electron chi connectivity index (χ0n) is 13.0. The van der Waals surface area contributed by atoms with Crippen molar-refractivity contribution in [2.24, 2.45) is 0 Å². The van der Waals surface area contributed by atoms with Crippen LogP contribution in [0.3, 0.4) is 0 Å². The first kappa shape index (κ1) is 15.8. The van der Waals surface area contributed by atoms with Crippen LogP contribution in [0.5, 0.6) is 5.75 Å². The van der Waals surface area contributed by atoms with Crippen molar-refractivity contribution in [2.45, 2.75) is 51.7 Å². The maximum absolute atomic E-state index is 11.9. The lowest BCUT2D eigenvalue weighted by Crippen LogP contribution is -2.38. The highest BCUT2D eigenvalue weighted by molar-refractivity contribution is 5.76. The molecule has 0 saturated carbocycles. The lowest BCUT2D eigenvalue weighted by Gasteiger charge is -2.20. The van der Waals surface area contributed by atoms with Gasteiger partial charge in [-0.25, -0.2) is 0 Å². The van der Waals surface area contributed by atoms with Gasteiger partial charge < -0.3 is 15.4 Å². The molecule has 1 aromatic rings. The monoisotopic (exact) mass is 290 g/mol. The minimum Gasteiger partial charge on any atom is -0.488 e. The first-order valence-electron chi connectivity index (χ1n) is 7.91. The van der Waals surface area contributed by atoms with Crippen LogP contribution in [0.2, 0.25) is 0 Å². The third kappa shape index (κ3) is 5.05. The number of carbonyl (C=O) groups excluding carboxylic acids is 1. The van der Waals surface area contributed by atoms with Gasteiger partial charge in [-0.15, -0.1) is 0 Å². The molecule has 0 aromatic heterocycles. The van der Waals surface area contributed by atoms with E-state index in [0.29, 0.717) is 19.0 Å². The van der Waals surface area contributed by atoms with Gasteiger partial charge in [0.2, 0.25) is 5.91 Å². The van der Waals surface area contributed by atoms with Crippen molar-refractivity contribution >= 4 is 5.91 Å². The van der Waals surface area contributed by atoms with Crippen LogP contribution in [0, 0.1) is 6.92 Å². The maximum atomic E-state index is 11.9. The lowest BCUT2D eigenvalue weighted by molar-refractivity contribution is -0.121. The Morgan fingerprint density at radius 3 is 2.95 bits per heavy atom. The van der Waals surface area contributed by atoms with Crippen LogP contribution in [0.1, 0.15) is 38.2 Å². The van der Waals surface area contributed by atoms with E-state index in [9.17, 15) is 4.79 Å². The maximum Gasteiger partial charge on any atom is 0.221 e. The van der Waals surface area contributed by atoms with Crippen molar-refractivity contribution in [2.75, 3.05) is 13.1 Å². The number of benzene rings is 1. The fourth-order valence-corrected chi connectivity index (χ4v) is 2.59. The van der Waals surface area contributed by atoms with Crippen LogP contribution in [0.25, 0.3) is 0 Å². The summed E-state index contributed by atoms with van der Waals surface area (Å²) in [6.45, 7) is 5.71. The number of para-hydroxylation sites is 1. The van der Waals surface area contributed by atoms with E-state index < -0.39 is 0 Å². The molecule has 1 heterocycles. The highest BCUT2D eigenvalue weighted by atomic mass is 16.5. The number of hydrogen-bond acceptors (Lipinski definition) is 3.